The van der Waals surface area contributed by atoms with Crippen molar-refractivity contribution in [3.63, 3.8) is 0 Å². The van der Waals surface area contributed by atoms with Crippen molar-refractivity contribution in [1.29, 1.82) is 0 Å². The second-order valence-corrected chi connectivity index (χ2v) is 9.08. The maximum absolute atomic E-state index is 12.9. The van der Waals surface area contributed by atoms with E-state index < -0.39 is 5.91 Å². The largest absolute Gasteiger partial charge is 0.457 e. The summed E-state index contributed by atoms with van der Waals surface area (Å²) in [6.07, 6.45) is 0. The third-order valence-corrected chi connectivity index (χ3v) is 7.17. The Kier molecular flexibility index (Phi) is 3.68. The molecule has 0 unspecified atom stereocenters. The van der Waals surface area contributed by atoms with Crippen LogP contribution in [0.4, 0.5) is 0 Å². The van der Waals surface area contributed by atoms with Crippen LogP contribution >= 0.6 is 15.9 Å². The number of hydrogen-bond donors (Lipinski definition) is 1. The van der Waals surface area contributed by atoms with Gasteiger partial charge in [0.2, 0.25) is 0 Å². The predicted octanol–water partition coefficient (Wildman–Crippen LogP) is 7.18. The highest BCUT2D eigenvalue weighted by Gasteiger charge is 2.30. The predicted molar refractivity (Wildman–Crippen MR) is 134 cm³/mol. The highest BCUT2D eigenvalue weighted by Crippen LogP contribution is 2.48. The Balaban J connectivity index is 1.77. The molecule has 33 heavy (non-hydrogen) atoms. The normalized spacial score (nSPS) is 13.4. The summed E-state index contributed by atoms with van der Waals surface area (Å²) in [4.78, 5) is 25.6. The molecule has 0 fully saturated rings. The second-order valence-electron chi connectivity index (χ2n) is 8.23. The molecule has 4 nitrogen and oxygen atoms in total. The molecule has 6 aromatic rings. The number of benzene rings is 6. The topological polar surface area (TPSA) is 55.4 Å². The van der Waals surface area contributed by atoms with Crippen LogP contribution in [0.3, 0.4) is 0 Å². The van der Waals surface area contributed by atoms with Crippen LogP contribution in [0.15, 0.2) is 83.3 Å². The number of imide groups is 1. The maximum atomic E-state index is 12.9. The zero-order valence-electron chi connectivity index (χ0n) is 17.1. The number of amides is 2. The Morgan fingerprint density at radius 3 is 2.18 bits per heavy atom. The third kappa shape index (κ3) is 2.45. The zero-order valence-corrected chi connectivity index (χ0v) is 18.7. The van der Waals surface area contributed by atoms with Gasteiger partial charge >= 0.3 is 0 Å². The van der Waals surface area contributed by atoms with Gasteiger partial charge in [-0.05, 0) is 57.3 Å². The van der Waals surface area contributed by atoms with E-state index in [2.05, 4.69) is 39.4 Å². The molecule has 1 aliphatic heterocycles. The molecule has 0 bridgehead atoms. The number of para-hydroxylation sites is 1. The number of ether oxygens (including phenoxy) is 1. The van der Waals surface area contributed by atoms with Crippen molar-refractivity contribution < 1.29 is 14.3 Å². The van der Waals surface area contributed by atoms with Crippen LogP contribution in [0.25, 0.3) is 43.1 Å². The second kappa shape index (κ2) is 6.53. The number of carbonyl (C=O) groups excluding carboxylic acids is 2. The quantitative estimate of drug-likeness (QED) is 0.158. The number of nitrogens with one attached hydrogen (secondary N) is 1. The molecule has 2 amide bonds. The van der Waals surface area contributed by atoms with Gasteiger partial charge in [0, 0.05) is 26.2 Å². The van der Waals surface area contributed by atoms with E-state index in [1.165, 1.54) is 0 Å². The van der Waals surface area contributed by atoms with Crippen LogP contribution in [0.1, 0.15) is 20.7 Å². The molecule has 0 saturated heterocycles. The summed E-state index contributed by atoms with van der Waals surface area (Å²) >= 11 is 3.70. The van der Waals surface area contributed by atoms with Crippen molar-refractivity contribution >= 4 is 70.8 Å². The van der Waals surface area contributed by atoms with Crippen molar-refractivity contribution in [3.8, 4) is 11.5 Å². The fourth-order valence-electron chi connectivity index (χ4n) is 5.14. The van der Waals surface area contributed by atoms with Crippen LogP contribution in [0, 0.1) is 0 Å². The SMILES string of the molecule is O=C1NC(=O)c2cc(Oc3ccccc3)c3c4cccc5c(Br)ccc(c6ccc1c2c63)c54. The maximum Gasteiger partial charge on any atom is 0.258 e. The fourth-order valence-corrected chi connectivity index (χ4v) is 5.60. The van der Waals surface area contributed by atoms with Crippen LogP contribution in [0.5, 0.6) is 11.5 Å². The van der Waals surface area contributed by atoms with Crippen LogP contribution in [-0.4, -0.2) is 11.8 Å². The summed E-state index contributed by atoms with van der Waals surface area (Å²) in [6, 6.07) is 25.4. The lowest BCUT2D eigenvalue weighted by atomic mass is 9.84. The molecule has 5 heteroatoms. The Labute approximate surface area is 196 Å². The van der Waals surface area contributed by atoms with Gasteiger partial charge in [0.1, 0.15) is 11.5 Å². The minimum Gasteiger partial charge on any atom is -0.457 e. The monoisotopic (exact) mass is 491 g/mol. The molecule has 6 aromatic carbocycles. The number of halogens is 1. The first kappa shape index (κ1) is 18.6. The van der Waals surface area contributed by atoms with E-state index in [-0.39, 0.29) is 5.91 Å². The van der Waals surface area contributed by atoms with Crippen molar-refractivity contribution in [2.45, 2.75) is 0 Å². The van der Waals surface area contributed by atoms with E-state index >= 15 is 0 Å². The average molecular weight is 492 g/mol. The molecule has 0 aromatic heterocycles. The number of fused-ring (bicyclic) bond motifs is 2. The Morgan fingerprint density at radius 1 is 0.606 bits per heavy atom. The van der Waals surface area contributed by atoms with Gasteiger partial charge in [-0.15, -0.1) is 0 Å². The van der Waals surface area contributed by atoms with Gasteiger partial charge in [-0.1, -0.05) is 64.5 Å². The van der Waals surface area contributed by atoms with E-state index in [9.17, 15) is 9.59 Å². The minimum absolute atomic E-state index is 0.374. The van der Waals surface area contributed by atoms with E-state index in [1.54, 1.807) is 6.07 Å². The average Bonchev–Trinajstić information content (AvgIpc) is 2.83. The molecule has 1 N–H and O–H groups in total. The molecule has 1 aliphatic rings. The van der Waals surface area contributed by atoms with Crippen molar-refractivity contribution in [1.82, 2.24) is 5.32 Å². The number of carbonyl (C=O) groups is 2. The van der Waals surface area contributed by atoms with Crippen LogP contribution in [-0.2, 0) is 0 Å². The molecule has 0 aliphatic carbocycles. The molecule has 0 spiro atoms. The molecule has 7 rings (SSSR count). The summed E-state index contributed by atoms with van der Waals surface area (Å²) in [7, 11) is 0. The van der Waals surface area contributed by atoms with Crippen LogP contribution < -0.4 is 10.1 Å². The summed E-state index contributed by atoms with van der Waals surface area (Å²) < 4.78 is 7.39. The van der Waals surface area contributed by atoms with E-state index in [0.29, 0.717) is 28.0 Å². The molecule has 0 atom stereocenters. The number of rotatable bonds is 2. The van der Waals surface area contributed by atoms with Gasteiger partial charge in [0.25, 0.3) is 11.8 Å². The van der Waals surface area contributed by atoms with Crippen LogP contribution in [0.2, 0.25) is 0 Å². The fraction of sp³-hybridized carbons (Fsp3) is 0. The molecule has 0 radical (unpaired) electrons. The smallest absolute Gasteiger partial charge is 0.258 e. The Hall–Kier alpha value is -3.96. The summed E-state index contributed by atoms with van der Waals surface area (Å²) in [6.45, 7) is 0. The summed E-state index contributed by atoms with van der Waals surface area (Å²) in [5.74, 6) is 0.484. The number of hydrogen-bond acceptors (Lipinski definition) is 3. The lowest BCUT2D eigenvalue weighted by molar-refractivity contribution is 0.0845. The van der Waals surface area contributed by atoms with Gasteiger partial charge in [-0.3, -0.25) is 14.9 Å². The van der Waals surface area contributed by atoms with Gasteiger partial charge in [0.05, 0.1) is 5.56 Å². The molecule has 156 valence electrons. The summed E-state index contributed by atoms with van der Waals surface area (Å²) in [5, 5.41) is 10.2. The van der Waals surface area contributed by atoms with Gasteiger partial charge < -0.3 is 4.74 Å². The highest BCUT2D eigenvalue weighted by atomic mass is 79.9. The first-order valence-electron chi connectivity index (χ1n) is 10.6. The minimum atomic E-state index is -0.408. The molecule has 1 heterocycles. The van der Waals surface area contributed by atoms with Gasteiger partial charge in [-0.25, -0.2) is 0 Å². The first-order chi connectivity index (χ1) is 16.1. The lowest BCUT2D eigenvalue weighted by Crippen LogP contribution is -2.34. The summed E-state index contributed by atoms with van der Waals surface area (Å²) in [5.41, 5.74) is 0.951. The molecular weight excluding hydrogens is 478 g/mol. The standard InChI is InChI=1S/C28H14BrNO3/c29-21-12-11-15-16-9-10-19-24-20(28(32)30-27(19)31)13-22(33-14-5-2-1-3-6-14)25(26(16)24)18-8-4-7-17(21)23(15)18/h1-13H,(H,30,31,32). The van der Waals surface area contributed by atoms with Gasteiger partial charge in [-0.2, -0.15) is 0 Å². The lowest BCUT2D eigenvalue weighted by Gasteiger charge is -2.23. The Morgan fingerprint density at radius 2 is 1.33 bits per heavy atom. The molecule has 0 saturated carbocycles. The van der Waals surface area contributed by atoms with E-state index in [0.717, 1.165) is 42.2 Å². The van der Waals surface area contributed by atoms with Crippen molar-refractivity contribution in [3.05, 3.63) is 94.5 Å². The van der Waals surface area contributed by atoms with E-state index in [1.807, 2.05) is 54.6 Å². The molecular formula is C28H14BrNO3. The Bertz CT molecular complexity index is 1810. The first-order valence-corrected chi connectivity index (χ1v) is 11.4. The highest BCUT2D eigenvalue weighted by molar-refractivity contribution is 9.10. The van der Waals surface area contributed by atoms with E-state index in [4.69, 9.17) is 4.74 Å². The zero-order chi connectivity index (χ0) is 22.3. The third-order valence-electron chi connectivity index (χ3n) is 6.48. The van der Waals surface area contributed by atoms with Gasteiger partial charge in [0.15, 0.2) is 0 Å². The van der Waals surface area contributed by atoms with Crippen molar-refractivity contribution in [2.24, 2.45) is 0 Å². The van der Waals surface area contributed by atoms with Crippen molar-refractivity contribution in [2.75, 3.05) is 0 Å².